The molecule has 3 rings (SSSR count). The van der Waals surface area contributed by atoms with Gasteiger partial charge in [-0.25, -0.2) is 9.67 Å². The van der Waals surface area contributed by atoms with Crippen molar-refractivity contribution in [1.82, 2.24) is 25.3 Å². The second kappa shape index (κ2) is 5.90. The number of amides is 1. The lowest BCUT2D eigenvalue weighted by atomic mass is 10.1. The molecule has 0 bridgehead atoms. The number of rotatable bonds is 3. The first-order valence-electron chi connectivity index (χ1n) is 7.01. The minimum Gasteiger partial charge on any atom is -0.317 e. The Hall–Kier alpha value is -1.80. The summed E-state index contributed by atoms with van der Waals surface area (Å²) in [7, 11) is 0. The second-order valence-corrected chi connectivity index (χ2v) is 6.38. The minimum absolute atomic E-state index is 0.260. The van der Waals surface area contributed by atoms with Crippen molar-refractivity contribution in [3.8, 4) is 0 Å². The third-order valence-electron chi connectivity index (χ3n) is 3.67. The van der Waals surface area contributed by atoms with E-state index in [0.29, 0.717) is 16.9 Å². The summed E-state index contributed by atoms with van der Waals surface area (Å²) in [6.45, 7) is 5.86. The molecule has 1 amide bonds. The summed E-state index contributed by atoms with van der Waals surface area (Å²) in [5.41, 5.74) is 1.27. The van der Waals surface area contributed by atoms with Crippen LogP contribution in [0.2, 0.25) is 0 Å². The molecule has 2 aromatic rings. The summed E-state index contributed by atoms with van der Waals surface area (Å²) in [4.78, 5) is 17.6. The Kier molecular flexibility index (Phi) is 3.98. The van der Waals surface area contributed by atoms with E-state index in [9.17, 15) is 4.79 Å². The van der Waals surface area contributed by atoms with Gasteiger partial charge in [0.1, 0.15) is 0 Å². The van der Waals surface area contributed by atoms with Gasteiger partial charge in [-0.3, -0.25) is 10.1 Å². The fourth-order valence-electron chi connectivity index (χ4n) is 2.32. The Balaban J connectivity index is 1.68. The van der Waals surface area contributed by atoms with Gasteiger partial charge in [-0.2, -0.15) is 0 Å². The standard InChI is InChI=1S/C13H18N6OS/c1-8-9(2)21-13(15-8)16-12(20)11-7-19(18-17-11)10-3-5-14-6-4-10/h7,10,14H,3-6H2,1-2H3,(H,15,16,20). The number of hydrogen-bond donors (Lipinski definition) is 2. The third-order valence-corrected chi connectivity index (χ3v) is 4.66. The maximum absolute atomic E-state index is 12.2. The molecule has 7 nitrogen and oxygen atoms in total. The molecule has 3 heterocycles. The smallest absolute Gasteiger partial charge is 0.279 e. The molecule has 2 N–H and O–H groups in total. The number of nitrogens with zero attached hydrogens (tertiary/aromatic N) is 4. The zero-order valence-corrected chi connectivity index (χ0v) is 12.9. The highest BCUT2D eigenvalue weighted by Crippen LogP contribution is 2.22. The topological polar surface area (TPSA) is 84.7 Å². The van der Waals surface area contributed by atoms with Crippen molar-refractivity contribution in [2.75, 3.05) is 18.4 Å². The minimum atomic E-state index is -0.260. The summed E-state index contributed by atoms with van der Waals surface area (Å²) in [5, 5.41) is 14.7. The van der Waals surface area contributed by atoms with Crippen LogP contribution in [0, 0.1) is 13.8 Å². The van der Waals surface area contributed by atoms with Gasteiger partial charge >= 0.3 is 0 Å². The van der Waals surface area contributed by atoms with Crippen LogP contribution in [0.15, 0.2) is 6.20 Å². The first-order valence-corrected chi connectivity index (χ1v) is 7.83. The van der Waals surface area contributed by atoms with E-state index >= 15 is 0 Å². The van der Waals surface area contributed by atoms with Crippen LogP contribution < -0.4 is 10.6 Å². The number of thiazole rings is 1. The summed E-state index contributed by atoms with van der Waals surface area (Å²) < 4.78 is 1.80. The van der Waals surface area contributed by atoms with Gasteiger partial charge in [0.2, 0.25) is 0 Å². The lowest BCUT2D eigenvalue weighted by molar-refractivity contribution is 0.102. The molecule has 1 aliphatic rings. The SMILES string of the molecule is Cc1nc(NC(=O)c2cn(C3CCNCC3)nn2)sc1C. The molecule has 2 aromatic heterocycles. The van der Waals surface area contributed by atoms with Crippen molar-refractivity contribution >= 4 is 22.4 Å². The van der Waals surface area contributed by atoms with Crippen molar-refractivity contribution in [1.29, 1.82) is 0 Å². The monoisotopic (exact) mass is 306 g/mol. The number of carbonyl (C=O) groups is 1. The molecular weight excluding hydrogens is 288 g/mol. The number of hydrogen-bond acceptors (Lipinski definition) is 6. The average Bonchev–Trinajstić information content (AvgIpc) is 3.08. The predicted octanol–water partition coefficient (Wildman–Crippen LogP) is 1.53. The quantitative estimate of drug-likeness (QED) is 0.898. The number of nitrogens with one attached hydrogen (secondary N) is 2. The highest BCUT2D eigenvalue weighted by molar-refractivity contribution is 7.15. The van der Waals surface area contributed by atoms with Crippen molar-refractivity contribution < 1.29 is 4.79 Å². The maximum Gasteiger partial charge on any atom is 0.279 e. The molecule has 0 aromatic carbocycles. The number of piperidine rings is 1. The Morgan fingerprint density at radius 1 is 1.43 bits per heavy atom. The highest BCUT2D eigenvalue weighted by atomic mass is 32.1. The number of aromatic nitrogens is 4. The first kappa shape index (κ1) is 14.2. The van der Waals surface area contributed by atoms with Gasteiger partial charge in [-0.05, 0) is 39.8 Å². The molecule has 0 atom stereocenters. The average molecular weight is 306 g/mol. The third kappa shape index (κ3) is 3.11. The van der Waals surface area contributed by atoms with Gasteiger partial charge in [0.25, 0.3) is 5.91 Å². The number of anilines is 1. The molecule has 0 unspecified atom stereocenters. The van der Waals surface area contributed by atoms with Gasteiger partial charge in [0.15, 0.2) is 10.8 Å². The van der Waals surface area contributed by atoms with E-state index in [4.69, 9.17) is 0 Å². The molecular formula is C13H18N6OS. The van der Waals surface area contributed by atoms with E-state index in [2.05, 4.69) is 25.9 Å². The van der Waals surface area contributed by atoms with Crippen LogP contribution in [0.25, 0.3) is 0 Å². The largest absolute Gasteiger partial charge is 0.317 e. The van der Waals surface area contributed by atoms with Crippen LogP contribution in [0.4, 0.5) is 5.13 Å². The molecule has 1 saturated heterocycles. The maximum atomic E-state index is 12.2. The lowest BCUT2D eigenvalue weighted by Gasteiger charge is -2.21. The summed E-state index contributed by atoms with van der Waals surface area (Å²) in [5.74, 6) is -0.260. The van der Waals surface area contributed by atoms with Crippen LogP contribution in [-0.2, 0) is 0 Å². The normalized spacial score (nSPS) is 16.1. The summed E-state index contributed by atoms with van der Waals surface area (Å²) in [6.07, 6.45) is 3.74. The van der Waals surface area contributed by atoms with E-state index < -0.39 is 0 Å². The lowest BCUT2D eigenvalue weighted by Crippen LogP contribution is -2.29. The van der Waals surface area contributed by atoms with Crippen LogP contribution >= 0.6 is 11.3 Å². The highest BCUT2D eigenvalue weighted by Gasteiger charge is 2.19. The molecule has 0 aliphatic carbocycles. The van der Waals surface area contributed by atoms with E-state index in [0.717, 1.165) is 36.5 Å². The Morgan fingerprint density at radius 3 is 2.86 bits per heavy atom. The first-order chi connectivity index (χ1) is 10.1. The van der Waals surface area contributed by atoms with E-state index in [1.165, 1.54) is 11.3 Å². The molecule has 21 heavy (non-hydrogen) atoms. The molecule has 1 fully saturated rings. The Bertz CT molecular complexity index is 623. The molecule has 8 heteroatoms. The van der Waals surface area contributed by atoms with Gasteiger partial charge in [0, 0.05) is 4.88 Å². The Morgan fingerprint density at radius 2 is 2.19 bits per heavy atom. The predicted molar refractivity (Wildman–Crippen MR) is 80.7 cm³/mol. The molecule has 1 aliphatic heterocycles. The van der Waals surface area contributed by atoms with E-state index in [1.54, 1.807) is 10.9 Å². The van der Waals surface area contributed by atoms with Crippen LogP contribution in [0.5, 0.6) is 0 Å². The molecule has 0 radical (unpaired) electrons. The van der Waals surface area contributed by atoms with Crippen molar-refractivity contribution in [2.45, 2.75) is 32.7 Å². The van der Waals surface area contributed by atoms with Crippen LogP contribution in [-0.4, -0.2) is 39.0 Å². The summed E-state index contributed by atoms with van der Waals surface area (Å²) >= 11 is 1.47. The zero-order chi connectivity index (χ0) is 14.8. The summed E-state index contributed by atoms with van der Waals surface area (Å²) in [6, 6.07) is 0.324. The van der Waals surface area contributed by atoms with Crippen molar-refractivity contribution in [3.05, 3.63) is 22.5 Å². The Labute approximate surface area is 126 Å². The van der Waals surface area contributed by atoms with Crippen molar-refractivity contribution in [3.63, 3.8) is 0 Å². The van der Waals surface area contributed by atoms with E-state index in [-0.39, 0.29) is 5.91 Å². The fraction of sp³-hybridized carbons (Fsp3) is 0.538. The number of aryl methyl sites for hydroxylation is 2. The molecule has 0 saturated carbocycles. The van der Waals surface area contributed by atoms with Crippen molar-refractivity contribution in [2.24, 2.45) is 0 Å². The van der Waals surface area contributed by atoms with Gasteiger partial charge in [-0.15, -0.1) is 16.4 Å². The number of carbonyl (C=O) groups excluding carboxylic acids is 1. The van der Waals surface area contributed by atoms with Gasteiger partial charge in [-0.1, -0.05) is 5.21 Å². The second-order valence-electron chi connectivity index (χ2n) is 5.18. The van der Waals surface area contributed by atoms with E-state index in [1.807, 2.05) is 13.8 Å². The fourth-order valence-corrected chi connectivity index (χ4v) is 3.13. The van der Waals surface area contributed by atoms with Gasteiger partial charge < -0.3 is 5.32 Å². The van der Waals surface area contributed by atoms with Crippen LogP contribution in [0.1, 0.15) is 39.9 Å². The van der Waals surface area contributed by atoms with Gasteiger partial charge in [0.05, 0.1) is 17.9 Å². The van der Waals surface area contributed by atoms with Crippen LogP contribution in [0.3, 0.4) is 0 Å². The zero-order valence-electron chi connectivity index (χ0n) is 12.1. The molecule has 112 valence electrons. The molecule has 0 spiro atoms.